The van der Waals surface area contributed by atoms with Gasteiger partial charge in [0.25, 0.3) is 5.78 Å². The zero-order chi connectivity index (χ0) is 18.3. The second kappa shape index (κ2) is 8.74. The molecule has 0 unspecified atom stereocenters. The van der Waals surface area contributed by atoms with Crippen molar-refractivity contribution in [1.29, 1.82) is 0 Å². The molecular formula is C13H22N3O6P. The minimum absolute atomic E-state index is 0.362. The zero-order valence-corrected chi connectivity index (χ0v) is 14.8. The summed E-state index contributed by atoms with van der Waals surface area (Å²) in [5.74, 6) is -0.833. The molecule has 1 amide bonds. The summed E-state index contributed by atoms with van der Waals surface area (Å²) in [5, 5.41) is 2.41. The molecule has 0 heterocycles. The van der Waals surface area contributed by atoms with E-state index in [0.29, 0.717) is 0 Å². The molecule has 0 aliphatic heterocycles. The van der Waals surface area contributed by atoms with Crippen LogP contribution in [-0.4, -0.2) is 48.0 Å². The minimum atomic E-state index is -4.01. The third-order valence-electron chi connectivity index (χ3n) is 2.48. The summed E-state index contributed by atoms with van der Waals surface area (Å²) >= 11 is 0. The molecule has 1 atom stereocenters. The summed E-state index contributed by atoms with van der Waals surface area (Å²) in [5.41, 5.74) is 7.44. The molecule has 0 saturated heterocycles. The quantitative estimate of drug-likeness (QED) is 0.235. The van der Waals surface area contributed by atoms with Crippen LogP contribution in [0.15, 0.2) is 12.7 Å². The molecule has 0 aliphatic carbocycles. The average Bonchev–Trinajstić information content (AvgIpc) is 2.44. The van der Waals surface area contributed by atoms with Crippen LogP contribution in [-0.2, 0) is 23.1 Å². The standard InChI is InChI=1S/C13H22N3O6P/c1-7-9(15-12(18)22-13(2,3)4)8-10(17)11(16-14)23(19,20-5)21-6/h7,9H,1,8H2,2-6H3,(H,15,18)/t9-/m0/s1. The van der Waals surface area contributed by atoms with E-state index in [9.17, 15) is 14.2 Å². The van der Waals surface area contributed by atoms with Crippen molar-refractivity contribution < 1.29 is 32.7 Å². The van der Waals surface area contributed by atoms with E-state index in [1.807, 2.05) is 0 Å². The van der Waals surface area contributed by atoms with Gasteiger partial charge >= 0.3 is 19.1 Å². The average molecular weight is 347 g/mol. The lowest BCUT2D eigenvalue weighted by atomic mass is 10.1. The predicted molar refractivity (Wildman–Crippen MR) is 83.2 cm³/mol. The maximum absolute atomic E-state index is 12.1. The summed E-state index contributed by atoms with van der Waals surface area (Å²) in [6, 6.07) is -0.823. The van der Waals surface area contributed by atoms with Gasteiger partial charge in [0.15, 0.2) is 0 Å². The third-order valence-corrected chi connectivity index (χ3v) is 4.30. The fraction of sp³-hybridized carbons (Fsp3) is 0.615. The van der Waals surface area contributed by atoms with E-state index in [2.05, 4.69) is 25.7 Å². The van der Waals surface area contributed by atoms with Gasteiger partial charge in [0.2, 0.25) is 0 Å². The number of Topliss-reactive ketones (excluding diaryl/α,β-unsaturated/α-hetero) is 1. The Labute approximate surface area is 135 Å². The largest absolute Gasteiger partial charge is 0.446 e. The Morgan fingerprint density at radius 3 is 2.22 bits per heavy atom. The molecule has 23 heavy (non-hydrogen) atoms. The van der Waals surface area contributed by atoms with Crippen LogP contribution in [0.25, 0.3) is 5.53 Å². The first-order chi connectivity index (χ1) is 10.5. The van der Waals surface area contributed by atoms with E-state index in [-0.39, 0.29) is 6.42 Å². The topological polar surface area (TPSA) is 127 Å². The fourth-order valence-electron chi connectivity index (χ4n) is 1.45. The Balaban J connectivity index is 5.04. The van der Waals surface area contributed by atoms with Crippen LogP contribution in [0.1, 0.15) is 27.2 Å². The smallest absolute Gasteiger partial charge is 0.444 e. The van der Waals surface area contributed by atoms with Gasteiger partial charge in [0.1, 0.15) is 5.60 Å². The Kier molecular flexibility index (Phi) is 8.06. The highest BCUT2D eigenvalue weighted by atomic mass is 31.2. The van der Waals surface area contributed by atoms with Crippen LogP contribution in [0.5, 0.6) is 0 Å². The monoisotopic (exact) mass is 347 g/mol. The first kappa shape index (κ1) is 21.2. The van der Waals surface area contributed by atoms with Crippen LogP contribution in [0, 0.1) is 0 Å². The summed E-state index contributed by atoms with van der Waals surface area (Å²) in [7, 11) is -1.91. The normalized spacial score (nSPS) is 12.7. The van der Waals surface area contributed by atoms with Crippen molar-refractivity contribution in [1.82, 2.24) is 5.32 Å². The van der Waals surface area contributed by atoms with Crippen molar-refractivity contribution in [3.8, 4) is 0 Å². The molecular weight excluding hydrogens is 325 g/mol. The van der Waals surface area contributed by atoms with Crippen LogP contribution in [0.3, 0.4) is 0 Å². The predicted octanol–water partition coefficient (Wildman–Crippen LogP) is 2.14. The molecule has 0 aromatic heterocycles. The molecule has 0 aromatic rings. The lowest BCUT2D eigenvalue weighted by Crippen LogP contribution is -2.40. The van der Waals surface area contributed by atoms with Crippen molar-refractivity contribution >= 4 is 24.9 Å². The van der Waals surface area contributed by atoms with Crippen molar-refractivity contribution in [2.75, 3.05) is 14.2 Å². The van der Waals surface area contributed by atoms with E-state index in [1.54, 1.807) is 20.8 Å². The van der Waals surface area contributed by atoms with Crippen molar-refractivity contribution in [3.63, 3.8) is 0 Å². The highest BCUT2D eigenvalue weighted by Gasteiger charge is 2.44. The SMILES string of the molecule is C=C[C@@H](CC(=O)C(=[N+]=[N-])P(=O)(OC)OC)NC(=O)OC(C)(C)C. The molecule has 0 fully saturated rings. The first-order valence-corrected chi connectivity index (χ1v) is 8.16. The van der Waals surface area contributed by atoms with Crippen LogP contribution < -0.4 is 5.32 Å². The molecule has 9 nitrogen and oxygen atoms in total. The van der Waals surface area contributed by atoms with Gasteiger partial charge in [-0.15, -0.1) is 6.58 Å². The summed E-state index contributed by atoms with van der Waals surface area (Å²) in [4.78, 5) is 26.5. The first-order valence-electron chi connectivity index (χ1n) is 6.62. The second-order valence-corrected chi connectivity index (χ2v) is 7.55. The highest BCUT2D eigenvalue weighted by molar-refractivity contribution is 7.74. The van der Waals surface area contributed by atoms with Gasteiger partial charge in [-0.25, -0.2) is 9.36 Å². The second-order valence-electron chi connectivity index (χ2n) is 5.40. The van der Waals surface area contributed by atoms with Crippen LogP contribution in [0.2, 0.25) is 0 Å². The number of alkyl carbamates (subject to hydrolysis) is 1. The lowest BCUT2D eigenvalue weighted by Gasteiger charge is -2.21. The molecule has 0 rings (SSSR count). The minimum Gasteiger partial charge on any atom is -0.444 e. The number of hydrogen-bond donors (Lipinski definition) is 1. The zero-order valence-electron chi connectivity index (χ0n) is 13.9. The van der Waals surface area contributed by atoms with E-state index < -0.39 is 36.6 Å². The van der Waals surface area contributed by atoms with Crippen molar-refractivity contribution in [2.45, 2.75) is 38.8 Å². The van der Waals surface area contributed by atoms with E-state index in [1.165, 1.54) is 6.08 Å². The van der Waals surface area contributed by atoms with Crippen LogP contribution in [0.4, 0.5) is 4.79 Å². The Morgan fingerprint density at radius 1 is 1.35 bits per heavy atom. The maximum Gasteiger partial charge on any atom is 0.446 e. The van der Waals surface area contributed by atoms with Gasteiger partial charge < -0.3 is 24.6 Å². The lowest BCUT2D eigenvalue weighted by molar-refractivity contribution is -0.117. The van der Waals surface area contributed by atoms with Crippen molar-refractivity contribution in [3.05, 3.63) is 18.2 Å². The van der Waals surface area contributed by atoms with Gasteiger partial charge in [0, 0.05) is 20.6 Å². The molecule has 0 saturated carbocycles. The summed E-state index contributed by atoms with van der Waals surface area (Å²) < 4.78 is 26.4. The number of rotatable bonds is 8. The number of amides is 1. The van der Waals surface area contributed by atoms with Gasteiger partial charge in [-0.1, -0.05) is 6.08 Å². The fourth-order valence-corrected chi connectivity index (χ4v) is 2.46. The molecule has 130 valence electrons. The molecule has 1 N–H and O–H groups in total. The number of ether oxygens (including phenoxy) is 1. The molecule has 0 spiro atoms. The Bertz CT molecular complexity index is 555. The van der Waals surface area contributed by atoms with Gasteiger partial charge in [0.05, 0.1) is 6.04 Å². The maximum atomic E-state index is 12.1. The number of ketones is 1. The van der Waals surface area contributed by atoms with Gasteiger partial charge in [-0.3, -0.25) is 4.79 Å². The van der Waals surface area contributed by atoms with Crippen molar-refractivity contribution in [2.24, 2.45) is 0 Å². The number of carbonyl (C=O) groups excluding carboxylic acids is 2. The summed E-state index contributed by atoms with van der Waals surface area (Å²) in [6.07, 6.45) is 0.180. The Morgan fingerprint density at radius 2 is 1.87 bits per heavy atom. The van der Waals surface area contributed by atoms with Crippen LogP contribution >= 0.6 is 7.60 Å². The molecule has 0 aromatic carbocycles. The number of nitrogens with one attached hydrogen (secondary N) is 1. The van der Waals surface area contributed by atoms with E-state index in [4.69, 9.17) is 10.3 Å². The molecule has 0 aliphatic rings. The van der Waals surface area contributed by atoms with Gasteiger partial charge in [-0.2, -0.15) is 4.79 Å². The summed E-state index contributed by atoms with van der Waals surface area (Å²) in [6.45, 7) is 8.55. The van der Waals surface area contributed by atoms with Gasteiger partial charge in [-0.05, 0) is 20.8 Å². The third kappa shape index (κ3) is 6.88. The highest BCUT2D eigenvalue weighted by Crippen LogP contribution is 2.47. The molecule has 10 heteroatoms. The van der Waals surface area contributed by atoms with E-state index >= 15 is 0 Å². The van der Waals surface area contributed by atoms with E-state index in [0.717, 1.165) is 14.2 Å². The molecule has 0 radical (unpaired) electrons. The Hall–Kier alpha value is -1.79. The number of nitrogens with zero attached hydrogens (tertiary/aromatic N) is 2. The number of hydrogen-bond acceptors (Lipinski definition) is 6. The number of carbonyl (C=O) groups is 2. The molecule has 0 bridgehead atoms.